The number of carbonyl (C=O) groups excluding carboxylic acids is 1. The molecule has 2 nitrogen and oxygen atoms in total. The van der Waals surface area contributed by atoms with Crippen LogP contribution in [0.1, 0.15) is 41.0 Å². The van der Waals surface area contributed by atoms with Gasteiger partial charge in [0.1, 0.15) is 6.10 Å². The summed E-state index contributed by atoms with van der Waals surface area (Å²) in [7, 11) is 0. The van der Waals surface area contributed by atoms with Gasteiger partial charge in [0.15, 0.2) is 5.78 Å². The number of ketones is 1. The summed E-state index contributed by atoms with van der Waals surface area (Å²) >= 11 is 0. The van der Waals surface area contributed by atoms with Crippen molar-refractivity contribution in [1.82, 2.24) is 0 Å². The number of rotatable bonds is 6. The van der Waals surface area contributed by atoms with Crippen molar-refractivity contribution in [2.45, 2.75) is 47.1 Å². The van der Waals surface area contributed by atoms with E-state index in [1.165, 1.54) is 0 Å². The van der Waals surface area contributed by atoms with Gasteiger partial charge in [-0.1, -0.05) is 27.7 Å². The first-order valence-electron chi connectivity index (χ1n) is 5.13. The molecule has 0 saturated heterocycles. The van der Waals surface area contributed by atoms with Gasteiger partial charge in [0.25, 0.3) is 0 Å². The van der Waals surface area contributed by atoms with Crippen LogP contribution < -0.4 is 0 Å². The van der Waals surface area contributed by atoms with Crippen LogP contribution in [0.4, 0.5) is 0 Å². The van der Waals surface area contributed by atoms with Gasteiger partial charge in [0.05, 0.1) is 0 Å². The molecule has 0 aliphatic carbocycles. The Labute approximate surface area is 81.7 Å². The highest BCUT2D eigenvalue weighted by Gasteiger charge is 2.22. The summed E-state index contributed by atoms with van der Waals surface area (Å²) in [6.07, 6.45) is 0.426. The molecule has 0 radical (unpaired) electrons. The number of Topliss-reactive ketones (excluding diaryl/α,β-unsaturated/α-hetero) is 1. The summed E-state index contributed by atoms with van der Waals surface area (Å²) in [4.78, 5) is 11.7. The lowest BCUT2D eigenvalue weighted by Gasteiger charge is -2.20. The summed E-state index contributed by atoms with van der Waals surface area (Å²) in [6, 6.07) is 0. The Bertz CT molecular complexity index is 150. The van der Waals surface area contributed by atoms with E-state index in [1.54, 1.807) is 0 Å². The van der Waals surface area contributed by atoms with Crippen molar-refractivity contribution >= 4 is 5.78 Å². The molecule has 0 bridgehead atoms. The zero-order valence-electron chi connectivity index (χ0n) is 9.46. The topological polar surface area (TPSA) is 26.3 Å². The fourth-order valence-corrected chi connectivity index (χ4v) is 1.36. The summed E-state index contributed by atoms with van der Waals surface area (Å²) < 4.78 is 5.42. The average Bonchev–Trinajstić information content (AvgIpc) is 1.97. The highest BCUT2D eigenvalue weighted by molar-refractivity contribution is 5.83. The minimum atomic E-state index is -0.201. The third-order valence-electron chi connectivity index (χ3n) is 1.88. The standard InChI is InChI=1S/C11H22O2/c1-6-13-11(9(4)5)10(12)7-8(2)3/h8-9,11H,6-7H2,1-5H3. The monoisotopic (exact) mass is 186 g/mol. The Kier molecular flexibility index (Phi) is 5.97. The molecular weight excluding hydrogens is 164 g/mol. The van der Waals surface area contributed by atoms with E-state index in [9.17, 15) is 4.79 Å². The van der Waals surface area contributed by atoms with Crippen LogP contribution in [0, 0.1) is 11.8 Å². The minimum Gasteiger partial charge on any atom is -0.370 e. The van der Waals surface area contributed by atoms with Gasteiger partial charge >= 0.3 is 0 Å². The second-order valence-corrected chi connectivity index (χ2v) is 4.18. The van der Waals surface area contributed by atoms with Gasteiger partial charge in [-0.2, -0.15) is 0 Å². The molecule has 2 heteroatoms. The predicted octanol–water partition coefficient (Wildman–Crippen LogP) is 2.66. The van der Waals surface area contributed by atoms with Crippen molar-refractivity contribution in [1.29, 1.82) is 0 Å². The highest BCUT2D eigenvalue weighted by atomic mass is 16.5. The number of hydrogen-bond acceptors (Lipinski definition) is 2. The Hall–Kier alpha value is -0.370. The third-order valence-corrected chi connectivity index (χ3v) is 1.88. The van der Waals surface area contributed by atoms with Crippen LogP contribution in [0.15, 0.2) is 0 Å². The van der Waals surface area contributed by atoms with Crippen LogP contribution in [0.2, 0.25) is 0 Å². The summed E-state index contributed by atoms with van der Waals surface area (Å²) in [5, 5.41) is 0. The highest BCUT2D eigenvalue weighted by Crippen LogP contribution is 2.13. The van der Waals surface area contributed by atoms with Crippen LogP contribution >= 0.6 is 0 Å². The molecule has 0 saturated carbocycles. The van der Waals surface area contributed by atoms with Gasteiger partial charge in [-0.25, -0.2) is 0 Å². The molecule has 1 atom stereocenters. The largest absolute Gasteiger partial charge is 0.370 e. The lowest BCUT2D eigenvalue weighted by atomic mass is 9.96. The Morgan fingerprint density at radius 3 is 2.08 bits per heavy atom. The third kappa shape index (κ3) is 5.04. The number of hydrogen-bond donors (Lipinski definition) is 0. The van der Waals surface area contributed by atoms with E-state index >= 15 is 0 Å². The molecule has 1 unspecified atom stereocenters. The van der Waals surface area contributed by atoms with Gasteiger partial charge in [-0.15, -0.1) is 0 Å². The van der Waals surface area contributed by atoms with Gasteiger partial charge in [-0.05, 0) is 18.8 Å². The maximum Gasteiger partial charge on any atom is 0.162 e. The minimum absolute atomic E-state index is 0.201. The molecule has 0 fully saturated rings. The van der Waals surface area contributed by atoms with Crippen LogP contribution in [-0.4, -0.2) is 18.5 Å². The van der Waals surface area contributed by atoms with E-state index in [4.69, 9.17) is 4.74 Å². The van der Waals surface area contributed by atoms with E-state index in [0.717, 1.165) is 0 Å². The quantitative estimate of drug-likeness (QED) is 0.637. The SMILES string of the molecule is CCOC(C(=O)CC(C)C)C(C)C. The Morgan fingerprint density at radius 1 is 1.23 bits per heavy atom. The molecule has 0 spiro atoms. The molecule has 0 aromatic rings. The zero-order chi connectivity index (χ0) is 10.4. The molecule has 0 aliphatic heterocycles. The molecule has 0 aromatic heterocycles. The molecule has 0 heterocycles. The van der Waals surface area contributed by atoms with E-state index < -0.39 is 0 Å². The normalized spacial score (nSPS) is 13.8. The lowest BCUT2D eigenvalue weighted by molar-refractivity contribution is -0.133. The molecule has 0 N–H and O–H groups in total. The maximum absolute atomic E-state index is 11.7. The van der Waals surface area contributed by atoms with Crippen LogP contribution in [-0.2, 0) is 9.53 Å². The van der Waals surface area contributed by atoms with Crippen molar-refractivity contribution in [3.05, 3.63) is 0 Å². The summed E-state index contributed by atoms with van der Waals surface area (Å²) in [5.41, 5.74) is 0. The second kappa shape index (κ2) is 6.14. The van der Waals surface area contributed by atoms with Crippen LogP contribution in [0.5, 0.6) is 0 Å². The Balaban J connectivity index is 4.11. The molecule has 0 rings (SSSR count). The van der Waals surface area contributed by atoms with Crippen molar-refractivity contribution in [3.8, 4) is 0 Å². The molecule has 0 aromatic carbocycles. The van der Waals surface area contributed by atoms with Crippen molar-refractivity contribution in [2.24, 2.45) is 11.8 Å². The van der Waals surface area contributed by atoms with E-state index in [1.807, 2.05) is 20.8 Å². The number of ether oxygens (including phenoxy) is 1. The Morgan fingerprint density at radius 2 is 1.77 bits per heavy atom. The fraction of sp³-hybridized carbons (Fsp3) is 0.909. The van der Waals surface area contributed by atoms with Crippen LogP contribution in [0.25, 0.3) is 0 Å². The fourth-order valence-electron chi connectivity index (χ4n) is 1.36. The summed E-state index contributed by atoms with van der Waals surface area (Å²) in [5.74, 6) is 0.951. The molecule has 78 valence electrons. The molecule has 0 amide bonds. The number of carbonyl (C=O) groups is 1. The first-order chi connectivity index (χ1) is 5.99. The van der Waals surface area contributed by atoms with E-state index in [0.29, 0.717) is 18.9 Å². The molecule has 13 heavy (non-hydrogen) atoms. The first kappa shape index (κ1) is 12.6. The van der Waals surface area contributed by atoms with E-state index in [-0.39, 0.29) is 17.8 Å². The second-order valence-electron chi connectivity index (χ2n) is 4.18. The van der Waals surface area contributed by atoms with Crippen molar-refractivity contribution < 1.29 is 9.53 Å². The van der Waals surface area contributed by atoms with E-state index in [2.05, 4.69) is 13.8 Å². The lowest BCUT2D eigenvalue weighted by Crippen LogP contribution is -2.30. The van der Waals surface area contributed by atoms with Crippen molar-refractivity contribution in [3.63, 3.8) is 0 Å². The van der Waals surface area contributed by atoms with Crippen molar-refractivity contribution in [2.75, 3.05) is 6.61 Å². The zero-order valence-corrected chi connectivity index (χ0v) is 9.46. The smallest absolute Gasteiger partial charge is 0.162 e. The predicted molar refractivity (Wildman–Crippen MR) is 54.7 cm³/mol. The van der Waals surface area contributed by atoms with Gasteiger partial charge < -0.3 is 4.74 Å². The molecule has 0 aliphatic rings. The van der Waals surface area contributed by atoms with Gasteiger partial charge in [0.2, 0.25) is 0 Å². The first-order valence-corrected chi connectivity index (χ1v) is 5.13. The molecular formula is C11H22O2. The van der Waals surface area contributed by atoms with Crippen LogP contribution in [0.3, 0.4) is 0 Å². The maximum atomic E-state index is 11.7. The van der Waals surface area contributed by atoms with Gasteiger partial charge in [-0.3, -0.25) is 4.79 Å². The average molecular weight is 186 g/mol. The van der Waals surface area contributed by atoms with Gasteiger partial charge in [0, 0.05) is 13.0 Å². The summed E-state index contributed by atoms with van der Waals surface area (Å²) in [6.45, 7) is 10.7.